The van der Waals surface area contributed by atoms with Crippen LogP contribution in [0.3, 0.4) is 0 Å². The molecule has 8 heteroatoms. The summed E-state index contributed by atoms with van der Waals surface area (Å²) in [5.41, 5.74) is 6.62. The Morgan fingerprint density at radius 2 is 2.08 bits per heavy atom. The van der Waals surface area contributed by atoms with Gasteiger partial charge in [0, 0.05) is 23.3 Å². The van der Waals surface area contributed by atoms with Gasteiger partial charge in [0.15, 0.2) is 5.16 Å². The van der Waals surface area contributed by atoms with Crippen LogP contribution < -0.4 is 10.9 Å². The summed E-state index contributed by atoms with van der Waals surface area (Å²) in [6.07, 6.45) is 3.49. The minimum absolute atomic E-state index is 0.134. The average Bonchev–Trinajstić information content (AvgIpc) is 3.01. The van der Waals surface area contributed by atoms with Gasteiger partial charge < -0.3 is 0 Å². The van der Waals surface area contributed by atoms with Crippen LogP contribution in [0.4, 0.5) is 0 Å². The molecule has 2 amide bonds. The summed E-state index contributed by atoms with van der Waals surface area (Å²) in [6.45, 7) is 5.43. The van der Waals surface area contributed by atoms with Crippen molar-refractivity contribution in [1.29, 1.82) is 0 Å². The summed E-state index contributed by atoms with van der Waals surface area (Å²) >= 11 is 7.44. The van der Waals surface area contributed by atoms with Gasteiger partial charge in [0.1, 0.15) is 0 Å². The predicted molar refractivity (Wildman–Crippen MR) is 95.2 cm³/mol. The van der Waals surface area contributed by atoms with Gasteiger partial charge >= 0.3 is 0 Å². The molecule has 0 bridgehead atoms. The second kappa shape index (κ2) is 8.21. The first-order chi connectivity index (χ1) is 11.4. The molecule has 0 aliphatic heterocycles. The highest BCUT2D eigenvalue weighted by molar-refractivity contribution is 7.99. The van der Waals surface area contributed by atoms with E-state index in [-0.39, 0.29) is 23.5 Å². The standard InChI is InChI=1S/C16H19ClN4O2S/c1-10(2)15(23)20-19-14(22)9-24-16-18-7-8-21(16)13-6-4-5-12(17)11(13)3/h4-8,10H,9H2,1-3H3,(H,19,22)(H,20,23). The number of thioether (sulfide) groups is 1. The van der Waals surface area contributed by atoms with Crippen molar-refractivity contribution >= 4 is 35.2 Å². The number of amides is 2. The lowest BCUT2D eigenvalue weighted by molar-refractivity contribution is -0.129. The summed E-state index contributed by atoms with van der Waals surface area (Å²) in [4.78, 5) is 27.5. The Hall–Kier alpha value is -1.99. The molecule has 0 fully saturated rings. The van der Waals surface area contributed by atoms with Gasteiger partial charge in [-0.05, 0) is 24.6 Å². The fourth-order valence-electron chi connectivity index (χ4n) is 1.88. The molecule has 0 unspecified atom stereocenters. The molecule has 24 heavy (non-hydrogen) atoms. The van der Waals surface area contributed by atoms with E-state index in [1.54, 1.807) is 20.0 Å². The lowest BCUT2D eigenvalue weighted by atomic mass is 10.2. The maximum atomic E-state index is 11.8. The largest absolute Gasteiger partial charge is 0.295 e. The van der Waals surface area contributed by atoms with Gasteiger partial charge in [0.25, 0.3) is 0 Å². The maximum absolute atomic E-state index is 11.8. The fraction of sp³-hybridized carbons (Fsp3) is 0.312. The summed E-state index contributed by atoms with van der Waals surface area (Å²) in [5.74, 6) is -0.590. The van der Waals surface area contributed by atoms with Crippen molar-refractivity contribution in [2.45, 2.75) is 25.9 Å². The van der Waals surface area contributed by atoms with E-state index in [9.17, 15) is 9.59 Å². The number of nitrogens with one attached hydrogen (secondary N) is 2. The molecule has 0 saturated carbocycles. The number of carbonyl (C=O) groups excluding carboxylic acids is 2. The Bertz CT molecular complexity index is 745. The molecular formula is C16H19ClN4O2S. The highest BCUT2D eigenvalue weighted by Gasteiger charge is 2.13. The number of benzene rings is 1. The van der Waals surface area contributed by atoms with Crippen LogP contribution in [0.1, 0.15) is 19.4 Å². The molecule has 2 rings (SSSR count). The smallest absolute Gasteiger partial charge is 0.248 e. The van der Waals surface area contributed by atoms with Gasteiger partial charge in [-0.2, -0.15) is 0 Å². The molecule has 0 aliphatic rings. The number of carbonyl (C=O) groups is 2. The van der Waals surface area contributed by atoms with Gasteiger partial charge in [-0.3, -0.25) is 25.0 Å². The zero-order valence-electron chi connectivity index (χ0n) is 13.7. The topological polar surface area (TPSA) is 76.0 Å². The SMILES string of the molecule is Cc1c(Cl)cccc1-n1ccnc1SCC(=O)NNC(=O)C(C)C. The van der Waals surface area contributed by atoms with E-state index >= 15 is 0 Å². The molecule has 128 valence electrons. The Balaban J connectivity index is 2.00. The molecule has 0 saturated heterocycles. The molecule has 1 aromatic carbocycles. The lowest BCUT2D eigenvalue weighted by Crippen LogP contribution is -2.44. The first-order valence-electron chi connectivity index (χ1n) is 7.40. The van der Waals surface area contributed by atoms with E-state index in [2.05, 4.69) is 15.8 Å². The number of imidazole rings is 1. The van der Waals surface area contributed by atoms with E-state index in [0.717, 1.165) is 11.3 Å². The van der Waals surface area contributed by atoms with Crippen LogP contribution in [0.2, 0.25) is 5.02 Å². The number of rotatable bonds is 5. The van der Waals surface area contributed by atoms with Crippen LogP contribution in [0.5, 0.6) is 0 Å². The van der Waals surface area contributed by atoms with Crippen molar-refractivity contribution < 1.29 is 9.59 Å². The van der Waals surface area contributed by atoms with Crippen LogP contribution in [0.15, 0.2) is 35.7 Å². The first kappa shape index (κ1) is 18.4. The summed E-state index contributed by atoms with van der Waals surface area (Å²) < 4.78 is 1.88. The maximum Gasteiger partial charge on any atom is 0.248 e. The minimum Gasteiger partial charge on any atom is -0.295 e. The van der Waals surface area contributed by atoms with Crippen molar-refractivity contribution in [1.82, 2.24) is 20.4 Å². The molecule has 0 aliphatic carbocycles. The third-order valence-electron chi connectivity index (χ3n) is 3.29. The summed E-state index contributed by atoms with van der Waals surface area (Å²) in [7, 11) is 0. The monoisotopic (exact) mass is 366 g/mol. The van der Waals surface area contributed by atoms with Gasteiger partial charge in [0.05, 0.1) is 11.4 Å². The number of nitrogens with zero attached hydrogens (tertiary/aromatic N) is 2. The fourth-order valence-corrected chi connectivity index (χ4v) is 2.81. The van der Waals surface area contributed by atoms with Crippen molar-refractivity contribution in [3.8, 4) is 5.69 Å². The lowest BCUT2D eigenvalue weighted by Gasteiger charge is -2.12. The second-order valence-electron chi connectivity index (χ2n) is 5.44. The Morgan fingerprint density at radius 3 is 2.79 bits per heavy atom. The van der Waals surface area contributed by atoms with Crippen LogP contribution in [0, 0.1) is 12.8 Å². The first-order valence-corrected chi connectivity index (χ1v) is 8.77. The average molecular weight is 367 g/mol. The molecule has 2 N–H and O–H groups in total. The van der Waals surface area contributed by atoms with Crippen molar-refractivity contribution in [3.63, 3.8) is 0 Å². The molecular weight excluding hydrogens is 348 g/mol. The van der Waals surface area contributed by atoms with Crippen molar-refractivity contribution in [2.75, 3.05) is 5.75 Å². The van der Waals surface area contributed by atoms with E-state index in [4.69, 9.17) is 11.6 Å². The Labute approximate surface area is 150 Å². The van der Waals surface area contributed by atoms with E-state index in [0.29, 0.717) is 10.2 Å². The van der Waals surface area contributed by atoms with E-state index in [1.807, 2.05) is 35.9 Å². The quantitative estimate of drug-likeness (QED) is 0.630. The number of hydrogen-bond acceptors (Lipinski definition) is 4. The third kappa shape index (κ3) is 4.52. The molecule has 0 atom stereocenters. The molecule has 0 radical (unpaired) electrons. The highest BCUT2D eigenvalue weighted by Crippen LogP contribution is 2.26. The molecule has 2 aromatic rings. The Morgan fingerprint density at radius 1 is 1.33 bits per heavy atom. The Kier molecular flexibility index (Phi) is 6.28. The zero-order chi connectivity index (χ0) is 17.7. The van der Waals surface area contributed by atoms with Crippen LogP contribution in [-0.2, 0) is 9.59 Å². The van der Waals surface area contributed by atoms with E-state index < -0.39 is 0 Å². The van der Waals surface area contributed by atoms with Crippen LogP contribution >= 0.6 is 23.4 Å². The van der Waals surface area contributed by atoms with Crippen molar-refractivity contribution in [2.24, 2.45) is 5.92 Å². The predicted octanol–water partition coefficient (Wildman–Crippen LogP) is 2.73. The number of hydrogen-bond donors (Lipinski definition) is 2. The molecule has 6 nitrogen and oxygen atoms in total. The number of hydrazine groups is 1. The molecule has 1 aromatic heterocycles. The molecule has 0 spiro atoms. The number of halogens is 1. The van der Waals surface area contributed by atoms with Crippen molar-refractivity contribution in [3.05, 3.63) is 41.2 Å². The summed E-state index contributed by atoms with van der Waals surface area (Å²) in [5, 5.41) is 1.34. The van der Waals surface area contributed by atoms with Gasteiger partial charge in [-0.15, -0.1) is 0 Å². The molecule has 1 heterocycles. The highest BCUT2D eigenvalue weighted by atomic mass is 35.5. The van der Waals surface area contributed by atoms with Gasteiger partial charge in [-0.25, -0.2) is 4.98 Å². The van der Waals surface area contributed by atoms with Crippen LogP contribution in [0.25, 0.3) is 5.69 Å². The summed E-state index contributed by atoms with van der Waals surface area (Å²) in [6, 6.07) is 5.64. The van der Waals surface area contributed by atoms with Crippen LogP contribution in [-0.4, -0.2) is 27.1 Å². The van der Waals surface area contributed by atoms with E-state index in [1.165, 1.54) is 11.8 Å². The minimum atomic E-state index is -0.300. The normalized spacial score (nSPS) is 10.7. The van der Waals surface area contributed by atoms with Gasteiger partial charge in [-0.1, -0.05) is 43.3 Å². The second-order valence-corrected chi connectivity index (χ2v) is 6.79. The van der Waals surface area contributed by atoms with Gasteiger partial charge in [0.2, 0.25) is 11.8 Å². The third-order valence-corrected chi connectivity index (χ3v) is 4.66. The number of aromatic nitrogens is 2. The zero-order valence-corrected chi connectivity index (χ0v) is 15.2.